The number of hydrogen-bond donors (Lipinski definition) is 2. The van der Waals surface area contributed by atoms with Gasteiger partial charge < -0.3 is 10.4 Å². The van der Waals surface area contributed by atoms with Gasteiger partial charge in [0.2, 0.25) is 5.54 Å². The van der Waals surface area contributed by atoms with Gasteiger partial charge in [-0.25, -0.2) is 4.79 Å². The first-order chi connectivity index (χ1) is 9.52. The minimum Gasteiger partial charge on any atom is -0.479 e. The van der Waals surface area contributed by atoms with Gasteiger partial charge >= 0.3 is 12.1 Å². The Morgan fingerprint density at radius 2 is 1.90 bits per heavy atom. The number of carbonyl (C=O) groups excluding carboxylic acids is 1. The van der Waals surface area contributed by atoms with Gasteiger partial charge in [0.05, 0.1) is 10.6 Å². The lowest BCUT2D eigenvalue weighted by Gasteiger charge is -2.28. The Morgan fingerprint density at radius 3 is 2.33 bits per heavy atom. The molecule has 4 nitrogen and oxygen atoms in total. The van der Waals surface area contributed by atoms with Gasteiger partial charge in [0, 0.05) is 4.90 Å². The van der Waals surface area contributed by atoms with Crippen molar-refractivity contribution in [2.75, 3.05) is 6.26 Å². The lowest BCUT2D eigenvalue weighted by Crippen LogP contribution is -2.61. The van der Waals surface area contributed by atoms with E-state index in [0.717, 1.165) is 0 Å². The number of carbonyl (C=O) groups is 2. The highest BCUT2D eigenvalue weighted by atomic mass is 35.5. The number of thioether (sulfide) groups is 1. The van der Waals surface area contributed by atoms with Crippen LogP contribution in [0.3, 0.4) is 0 Å². The van der Waals surface area contributed by atoms with Crippen LogP contribution in [-0.4, -0.2) is 35.0 Å². The third-order valence-corrected chi connectivity index (χ3v) is 3.83. The summed E-state index contributed by atoms with van der Waals surface area (Å²) in [4.78, 5) is 23.4. The van der Waals surface area contributed by atoms with Crippen LogP contribution in [0.1, 0.15) is 17.3 Å². The predicted molar refractivity (Wildman–Crippen MR) is 72.8 cm³/mol. The number of halogens is 4. The molecule has 0 radical (unpaired) electrons. The monoisotopic (exact) mass is 341 g/mol. The van der Waals surface area contributed by atoms with E-state index in [4.69, 9.17) is 16.7 Å². The molecule has 1 aromatic carbocycles. The number of alkyl halides is 3. The Labute approximate surface area is 127 Å². The number of hydrogen-bond acceptors (Lipinski definition) is 3. The van der Waals surface area contributed by atoms with Crippen LogP contribution in [0.15, 0.2) is 23.1 Å². The molecule has 1 rings (SSSR count). The second kappa shape index (κ2) is 6.15. The van der Waals surface area contributed by atoms with E-state index in [1.807, 2.05) is 0 Å². The summed E-state index contributed by atoms with van der Waals surface area (Å²) in [6, 6.07) is 4.24. The maximum absolute atomic E-state index is 12.8. The standard InChI is InChI=1S/C12H11ClF3NO3S/c1-11(10(19)20,12(14,15)16)17-9(18)7-5-6(21-2)3-4-8(7)13/h3-5H,1-2H3,(H,17,18)(H,19,20). The topological polar surface area (TPSA) is 66.4 Å². The zero-order valence-corrected chi connectivity index (χ0v) is 12.5. The number of nitrogens with one attached hydrogen (secondary N) is 1. The molecular weight excluding hydrogens is 331 g/mol. The fourth-order valence-electron chi connectivity index (χ4n) is 1.35. The van der Waals surface area contributed by atoms with Gasteiger partial charge in [-0.2, -0.15) is 13.2 Å². The summed E-state index contributed by atoms with van der Waals surface area (Å²) < 4.78 is 38.5. The number of benzene rings is 1. The van der Waals surface area contributed by atoms with Crippen molar-refractivity contribution in [3.63, 3.8) is 0 Å². The van der Waals surface area contributed by atoms with Crippen molar-refractivity contribution in [2.45, 2.75) is 23.5 Å². The molecule has 0 fully saturated rings. The normalized spacial score (nSPS) is 14.4. The molecule has 1 atom stereocenters. The van der Waals surface area contributed by atoms with Gasteiger partial charge in [-0.1, -0.05) is 11.6 Å². The van der Waals surface area contributed by atoms with Gasteiger partial charge in [-0.05, 0) is 31.4 Å². The first-order valence-corrected chi connectivity index (χ1v) is 7.09. The van der Waals surface area contributed by atoms with E-state index in [0.29, 0.717) is 11.8 Å². The Kier molecular flexibility index (Phi) is 5.16. The molecule has 2 N–H and O–H groups in total. The van der Waals surface area contributed by atoms with Crippen molar-refractivity contribution in [2.24, 2.45) is 0 Å². The SMILES string of the molecule is CSc1ccc(Cl)c(C(=O)NC(C)(C(=O)O)C(F)(F)F)c1. The first-order valence-electron chi connectivity index (χ1n) is 5.49. The van der Waals surface area contributed by atoms with E-state index in [9.17, 15) is 22.8 Å². The highest BCUT2D eigenvalue weighted by Gasteiger charge is 2.58. The van der Waals surface area contributed by atoms with Crippen molar-refractivity contribution >= 4 is 35.2 Å². The Balaban J connectivity index is 3.18. The summed E-state index contributed by atoms with van der Waals surface area (Å²) in [7, 11) is 0. The van der Waals surface area contributed by atoms with E-state index in [1.165, 1.54) is 29.2 Å². The minimum absolute atomic E-state index is 0.0692. The summed E-state index contributed by atoms with van der Waals surface area (Å²) in [6.45, 7) is 0.375. The molecule has 0 bridgehead atoms. The summed E-state index contributed by atoms with van der Waals surface area (Å²) in [6.07, 6.45) is -3.44. The molecule has 0 saturated heterocycles. The van der Waals surface area contributed by atoms with Gasteiger partial charge in [-0.3, -0.25) is 4.79 Å². The Hall–Kier alpha value is -1.41. The third-order valence-electron chi connectivity index (χ3n) is 2.78. The zero-order valence-electron chi connectivity index (χ0n) is 10.9. The average Bonchev–Trinajstić information content (AvgIpc) is 2.37. The largest absolute Gasteiger partial charge is 0.479 e. The number of amides is 1. The van der Waals surface area contributed by atoms with E-state index in [-0.39, 0.29) is 10.6 Å². The number of aliphatic carboxylic acids is 1. The molecule has 0 heterocycles. The minimum atomic E-state index is -5.15. The van der Waals surface area contributed by atoms with E-state index in [2.05, 4.69) is 0 Å². The molecule has 0 aliphatic rings. The Morgan fingerprint density at radius 1 is 1.33 bits per heavy atom. The quantitative estimate of drug-likeness (QED) is 0.825. The molecule has 0 aliphatic heterocycles. The molecule has 21 heavy (non-hydrogen) atoms. The van der Waals surface area contributed by atoms with Crippen LogP contribution >= 0.6 is 23.4 Å². The number of rotatable bonds is 4. The maximum atomic E-state index is 12.8. The van der Waals surface area contributed by atoms with Gasteiger partial charge in [0.25, 0.3) is 5.91 Å². The molecule has 1 aromatic rings. The van der Waals surface area contributed by atoms with Crippen molar-refractivity contribution in [1.82, 2.24) is 5.32 Å². The van der Waals surface area contributed by atoms with Crippen molar-refractivity contribution < 1.29 is 27.9 Å². The Bertz CT molecular complexity index is 579. The first kappa shape index (κ1) is 17.6. The fraction of sp³-hybridized carbons (Fsp3) is 0.333. The van der Waals surface area contributed by atoms with Crippen molar-refractivity contribution in [1.29, 1.82) is 0 Å². The van der Waals surface area contributed by atoms with Crippen molar-refractivity contribution in [3.8, 4) is 0 Å². The van der Waals surface area contributed by atoms with Crippen LogP contribution in [0, 0.1) is 0 Å². The third kappa shape index (κ3) is 3.62. The van der Waals surface area contributed by atoms with E-state index >= 15 is 0 Å². The summed E-state index contributed by atoms with van der Waals surface area (Å²) >= 11 is 7.03. The molecule has 116 valence electrons. The lowest BCUT2D eigenvalue weighted by atomic mass is 10.0. The second-order valence-electron chi connectivity index (χ2n) is 4.23. The molecule has 0 saturated carbocycles. The summed E-state index contributed by atoms with van der Waals surface area (Å²) in [5, 5.41) is 10.2. The van der Waals surface area contributed by atoms with Gasteiger partial charge in [0.15, 0.2) is 0 Å². The highest BCUT2D eigenvalue weighted by Crippen LogP contribution is 2.31. The highest BCUT2D eigenvalue weighted by molar-refractivity contribution is 7.98. The molecule has 1 amide bonds. The van der Waals surface area contributed by atoms with Gasteiger partial charge in [-0.15, -0.1) is 11.8 Å². The fourth-order valence-corrected chi connectivity index (χ4v) is 1.99. The number of carboxylic acids is 1. The van der Waals surface area contributed by atoms with E-state index in [1.54, 1.807) is 12.3 Å². The lowest BCUT2D eigenvalue weighted by molar-refractivity contribution is -0.203. The van der Waals surface area contributed by atoms with Gasteiger partial charge in [0.1, 0.15) is 0 Å². The molecule has 1 unspecified atom stereocenters. The van der Waals surface area contributed by atoms with Crippen molar-refractivity contribution in [3.05, 3.63) is 28.8 Å². The van der Waals surface area contributed by atoms with Crippen LogP contribution in [0.5, 0.6) is 0 Å². The molecule has 9 heteroatoms. The summed E-state index contributed by atoms with van der Waals surface area (Å²) in [5.74, 6) is -3.42. The van der Waals surface area contributed by atoms with Crippen LogP contribution < -0.4 is 5.32 Å². The van der Waals surface area contributed by atoms with Crippen LogP contribution in [0.4, 0.5) is 13.2 Å². The smallest absolute Gasteiger partial charge is 0.422 e. The summed E-state index contributed by atoms with van der Waals surface area (Å²) in [5.41, 5.74) is -3.62. The number of carboxylic acid groups (broad SMARTS) is 1. The zero-order chi connectivity index (χ0) is 16.4. The molecular formula is C12H11ClF3NO3S. The van der Waals surface area contributed by atoms with Crippen LogP contribution in [0.25, 0.3) is 0 Å². The maximum Gasteiger partial charge on any atom is 0.422 e. The predicted octanol–water partition coefficient (Wildman–Crippen LogP) is 3.20. The average molecular weight is 342 g/mol. The van der Waals surface area contributed by atoms with Crippen LogP contribution in [-0.2, 0) is 4.79 Å². The van der Waals surface area contributed by atoms with E-state index < -0.39 is 23.6 Å². The second-order valence-corrected chi connectivity index (χ2v) is 5.51. The van der Waals surface area contributed by atoms with Crippen LogP contribution in [0.2, 0.25) is 5.02 Å². The molecule has 0 aromatic heterocycles. The molecule has 0 aliphatic carbocycles. The molecule has 0 spiro atoms.